The highest BCUT2D eigenvalue weighted by Crippen LogP contribution is 2.26. The third kappa shape index (κ3) is 6.53. The molecule has 0 saturated carbocycles. The van der Waals surface area contributed by atoms with Crippen molar-refractivity contribution < 1.29 is 25.6 Å². The van der Waals surface area contributed by atoms with Crippen molar-refractivity contribution in [2.75, 3.05) is 11.9 Å². The van der Waals surface area contributed by atoms with E-state index < -0.39 is 50.6 Å². The van der Waals surface area contributed by atoms with Gasteiger partial charge in [0.05, 0.1) is 8.07 Å². The summed E-state index contributed by atoms with van der Waals surface area (Å²) < 4.78 is 37.6. The van der Waals surface area contributed by atoms with Crippen LogP contribution in [-0.4, -0.2) is 57.7 Å². The second kappa shape index (κ2) is 9.57. The van der Waals surface area contributed by atoms with Gasteiger partial charge in [-0.2, -0.15) is 0 Å². The molecule has 6 nitrogen and oxygen atoms in total. The molecule has 0 bridgehead atoms. The first-order valence-corrected chi connectivity index (χ1v) is 20.4. The van der Waals surface area contributed by atoms with E-state index in [9.17, 15) is 9.18 Å². The predicted molar refractivity (Wildman–Crippen MR) is 119 cm³/mol. The Bertz CT molecular complexity index is 683. The van der Waals surface area contributed by atoms with Crippen LogP contribution in [0.2, 0.25) is 51.4 Å². The summed E-state index contributed by atoms with van der Waals surface area (Å²) in [5, 5.41) is 1.18. The van der Waals surface area contributed by atoms with Gasteiger partial charge in [0.1, 0.15) is 0 Å². The lowest BCUT2D eigenvalue weighted by molar-refractivity contribution is 0.229. The largest absolute Gasteiger partial charge is 0.415 e. The summed E-state index contributed by atoms with van der Waals surface area (Å²) in [6.45, 7) is 12.6. The van der Waals surface area contributed by atoms with Gasteiger partial charge >= 0.3 is 42.6 Å². The van der Waals surface area contributed by atoms with E-state index >= 15 is 0 Å². The van der Waals surface area contributed by atoms with Crippen molar-refractivity contribution in [1.82, 2.24) is 0 Å². The monoisotopic (exact) mass is 474 g/mol. The molecule has 3 radical (unpaired) electrons. The molecular formula is C16H29FNO5Si5. The maximum absolute atomic E-state index is 13.1. The quantitative estimate of drug-likeness (QED) is 0.370. The number of amides is 1. The molecule has 1 aromatic carbocycles. The van der Waals surface area contributed by atoms with Crippen LogP contribution in [0.3, 0.4) is 0 Å². The van der Waals surface area contributed by atoms with Gasteiger partial charge in [-0.05, 0) is 44.4 Å². The first kappa shape index (κ1) is 23.8. The molecule has 1 amide bonds. The SMILES string of the molecule is CN(C(=O)F)c1cccc([Si](C)(C)CC[Si]2(C)O[Si](C)O[Si](C)O[Si](C)O2)c1. The number of nitrogens with zero attached hydrogens (tertiary/aromatic N) is 1. The third-order valence-corrected chi connectivity index (χ3v) is 20.2. The summed E-state index contributed by atoms with van der Waals surface area (Å²) in [6.07, 6.45) is -1.46. The van der Waals surface area contributed by atoms with Crippen LogP contribution in [0.15, 0.2) is 24.3 Å². The fraction of sp³-hybridized carbons (Fsp3) is 0.562. The molecule has 0 N–H and O–H groups in total. The van der Waals surface area contributed by atoms with Crippen molar-refractivity contribution in [2.24, 2.45) is 0 Å². The molecule has 1 saturated heterocycles. The van der Waals surface area contributed by atoms with Crippen molar-refractivity contribution in [3.8, 4) is 0 Å². The van der Waals surface area contributed by atoms with E-state index in [0.717, 1.165) is 17.0 Å². The van der Waals surface area contributed by atoms with Crippen molar-refractivity contribution in [3.63, 3.8) is 0 Å². The summed E-state index contributed by atoms with van der Waals surface area (Å²) in [4.78, 5) is 12.1. The average Bonchev–Trinajstić information content (AvgIpc) is 2.58. The van der Waals surface area contributed by atoms with Gasteiger partial charge in [0.15, 0.2) is 0 Å². The minimum atomic E-state index is -2.40. The van der Waals surface area contributed by atoms with Crippen molar-refractivity contribution >= 4 is 61.5 Å². The van der Waals surface area contributed by atoms with E-state index in [2.05, 4.69) is 25.7 Å². The second-order valence-electron chi connectivity index (χ2n) is 7.76. The zero-order chi connectivity index (χ0) is 21.1. The summed E-state index contributed by atoms with van der Waals surface area (Å²) >= 11 is 0. The molecule has 155 valence electrons. The third-order valence-electron chi connectivity index (χ3n) is 4.78. The van der Waals surface area contributed by atoms with Gasteiger partial charge < -0.3 is 16.5 Å². The first-order valence-electron chi connectivity index (χ1n) is 9.20. The van der Waals surface area contributed by atoms with Crippen LogP contribution in [-0.2, 0) is 16.5 Å². The molecule has 1 heterocycles. The highest BCUT2D eigenvalue weighted by molar-refractivity contribution is 6.91. The maximum Gasteiger partial charge on any atom is 0.404 e. The minimum Gasteiger partial charge on any atom is -0.415 e. The Morgan fingerprint density at radius 3 is 2.25 bits per heavy atom. The van der Waals surface area contributed by atoms with Crippen LogP contribution < -0.4 is 10.1 Å². The van der Waals surface area contributed by atoms with Crippen molar-refractivity contribution in [2.45, 2.75) is 51.4 Å². The van der Waals surface area contributed by atoms with Crippen LogP contribution in [0.25, 0.3) is 0 Å². The van der Waals surface area contributed by atoms with Gasteiger partial charge in [-0.3, -0.25) is 4.90 Å². The van der Waals surface area contributed by atoms with E-state index in [1.54, 1.807) is 6.07 Å². The lowest BCUT2D eigenvalue weighted by Crippen LogP contribution is -2.54. The van der Waals surface area contributed by atoms with Gasteiger partial charge in [-0.25, -0.2) is 4.79 Å². The summed E-state index contributed by atoms with van der Waals surface area (Å²) in [5.41, 5.74) is 0.574. The maximum atomic E-state index is 13.1. The number of benzene rings is 1. The standard InChI is InChI=1S/C16H29FNO5Si5/c1-18(16(17)19)14-9-8-10-15(13-14)27(5,6)11-12-28(7)22-25(3)20-24(2)21-26(4)23-28/h8-10,13H,11-12H2,1-7H3. The summed E-state index contributed by atoms with van der Waals surface area (Å²) in [6, 6.07) is 9.46. The molecule has 12 heteroatoms. The molecule has 0 spiro atoms. The number of carbonyl (C=O) groups excluding carboxylic acids is 1. The molecule has 0 aromatic heterocycles. The van der Waals surface area contributed by atoms with Crippen LogP contribution in [0.1, 0.15) is 0 Å². The van der Waals surface area contributed by atoms with E-state index in [1.165, 1.54) is 12.2 Å². The summed E-state index contributed by atoms with van der Waals surface area (Å²) in [7, 11) is -6.87. The Morgan fingerprint density at radius 1 is 1.14 bits per heavy atom. The van der Waals surface area contributed by atoms with Crippen LogP contribution in [0, 0.1) is 0 Å². The molecule has 0 aliphatic carbocycles. The molecule has 2 rings (SSSR count). The zero-order valence-electron chi connectivity index (χ0n) is 17.6. The van der Waals surface area contributed by atoms with Crippen molar-refractivity contribution in [3.05, 3.63) is 24.3 Å². The van der Waals surface area contributed by atoms with Crippen LogP contribution in [0.4, 0.5) is 14.9 Å². The fourth-order valence-corrected chi connectivity index (χ4v) is 19.9. The molecule has 1 aromatic rings. The Kier molecular flexibility index (Phi) is 8.14. The van der Waals surface area contributed by atoms with Gasteiger partial charge in [0.25, 0.3) is 0 Å². The topological polar surface area (TPSA) is 57.2 Å². The molecule has 1 aliphatic heterocycles. The van der Waals surface area contributed by atoms with Gasteiger partial charge in [-0.1, -0.05) is 36.5 Å². The predicted octanol–water partition coefficient (Wildman–Crippen LogP) is 3.63. The van der Waals surface area contributed by atoms with Crippen molar-refractivity contribution in [1.29, 1.82) is 0 Å². The molecule has 1 fully saturated rings. The highest BCUT2D eigenvalue weighted by Gasteiger charge is 2.42. The molecule has 28 heavy (non-hydrogen) atoms. The molecule has 0 unspecified atom stereocenters. The number of hydrogen-bond donors (Lipinski definition) is 0. The van der Waals surface area contributed by atoms with E-state index in [-0.39, 0.29) is 0 Å². The highest BCUT2D eigenvalue weighted by atomic mass is 28.5. The van der Waals surface area contributed by atoms with E-state index in [0.29, 0.717) is 5.69 Å². The number of anilines is 1. The number of hydrogen-bond acceptors (Lipinski definition) is 5. The second-order valence-corrected chi connectivity index (χ2v) is 21.6. The fourth-order valence-electron chi connectivity index (χ4n) is 3.12. The lowest BCUT2D eigenvalue weighted by atomic mass is 10.3. The van der Waals surface area contributed by atoms with Crippen LogP contribution >= 0.6 is 0 Å². The average molecular weight is 475 g/mol. The Balaban J connectivity index is 2.13. The Labute approximate surface area is 174 Å². The minimum absolute atomic E-state index is 0.574. The van der Waals surface area contributed by atoms with Gasteiger partial charge in [-0.15, -0.1) is 4.39 Å². The first-order chi connectivity index (χ1) is 12.9. The molecule has 1 aliphatic rings. The lowest BCUT2D eigenvalue weighted by Gasteiger charge is -2.37. The van der Waals surface area contributed by atoms with E-state index in [4.69, 9.17) is 16.5 Å². The summed E-state index contributed by atoms with van der Waals surface area (Å²) in [5.74, 6) is 0. The Hall–Kier alpha value is -0.456. The van der Waals surface area contributed by atoms with Crippen LogP contribution in [0.5, 0.6) is 0 Å². The normalized spacial score (nSPS) is 19.9. The number of carbonyl (C=O) groups is 1. The van der Waals surface area contributed by atoms with Gasteiger partial charge in [0.2, 0.25) is 0 Å². The molecule has 0 atom stereocenters. The van der Waals surface area contributed by atoms with Gasteiger partial charge in [0, 0.05) is 12.7 Å². The van der Waals surface area contributed by atoms with E-state index in [1.807, 2.05) is 31.8 Å². The number of rotatable bonds is 5. The molecular weight excluding hydrogens is 446 g/mol. The zero-order valence-corrected chi connectivity index (χ0v) is 22.6. The smallest absolute Gasteiger partial charge is 0.404 e. The number of halogens is 1. The Morgan fingerprint density at radius 2 is 1.71 bits per heavy atom.